The molecule has 1 aromatic rings. The van der Waals surface area contributed by atoms with Crippen LogP contribution >= 0.6 is 0 Å². The predicted molar refractivity (Wildman–Crippen MR) is 63.3 cm³/mol. The zero-order valence-electron chi connectivity index (χ0n) is 9.61. The van der Waals surface area contributed by atoms with Gasteiger partial charge in [-0.2, -0.15) is 0 Å². The number of hydrogen-bond acceptors (Lipinski definition) is 3. The first kappa shape index (κ1) is 10.7. The van der Waals surface area contributed by atoms with Crippen molar-refractivity contribution < 1.29 is 9.53 Å². The fourth-order valence-electron chi connectivity index (χ4n) is 3.12. The Morgan fingerprint density at radius 3 is 3.12 bits per heavy atom. The van der Waals surface area contributed by atoms with Crippen LogP contribution in [0.2, 0.25) is 0 Å². The number of carbonyl (C=O) groups is 1. The van der Waals surface area contributed by atoms with E-state index in [0.29, 0.717) is 19.8 Å². The maximum absolute atomic E-state index is 11.6. The predicted octanol–water partition coefficient (Wildman–Crippen LogP) is 0.159. The van der Waals surface area contributed by atoms with E-state index in [1.54, 1.807) is 0 Å². The molecule has 90 valence electrons. The minimum atomic E-state index is -0.263. The van der Waals surface area contributed by atoms with Crippen molar-refractivity contribution >= 4 is 5.91 Å². The number of nitrogens with one attached hydrogen (secondary N) is 1. The van der Waals surface area contributed by atoms with Crippen molar-refractivity contribution in [2.24, 2.45) is 11.7 Å². The number of fused-ring (bicyclic) bond motifs is 2. The van der Waals surface area contributed by atoms with Gasteiger partial charge in [0.25, 0.3) is 0 Å². The van der Waals surface area contributed by atoms with Crippen LogP contribution in [0.4, 0.5) is 0 Å². The summed E-state index contributed by atoms with van der Waals surface area (Å²) in [5.41, 5.74) is 7.66. The second kappa shape index (κ2) is 3.82. The highest BCUT2D eigenvalue weighted by Gasteiger charge is 2.49. The summed E-state index contributed by atoms with van der Waals surface area (Å²) in [4.78, 5) is 11.6. The summed E-state index contributed by atoms with van der Waals surface area (Å²) in [7, 11) is 0. The third kappa shape index (κ3) is 1.48. The van der Waals surface area contributed by atoms with E-state index < -0.39 is 0 Å². The van der Waals surface area contributed by atoms with Crippen LogP contribution in [0.25, 0.3) is 0 Å². The van der Waals surface area contributed by atoms with Crippen molar-refractivity contribution in [3.05, 3.63) is 35.4 Å². The first-order valence-electron chi connectivity index (χ1n) is 5.90. The molecule has 1 saturated heterocycles. The molecule has 4 heteroatoms. The summed E-state index contributed by atoms with van der Waals surface area (Å²) in [5.74, 6) is -0.417. The number of benzene rings is 1. The highest BCUT2D eigenvalue weighted by molar-refractivity contribution is 5.80. The molecule has 3 rings (SSSR count). The van der Waals surface area contributed by atoms with E-state index in [2.05, 4.69) is 17.4 Å². The normalized spacial score (nSPS) is 31.4. The topological polar surface area (TPSA) is 64.4 Å². The average molecular weight is 232 g/mol. The molecule has 2 aliphatic heterocycles. The molecule has 1 fully saturated rings. The Labute approximate surface area is 100 Å². The first-order chi connectivity index (χ1) is 8.24. The minimum absolute atomic E-state index is 0.177. The third-order valence-corrected chi connectivity index (χ3v) is 3.97. The number of amides is 1. The molecule has 2 aliphatic rings. The lowest BCUT2D eigenvalue weighted by molar-refractivity contribution is -0.124. The highest BCUT2D eigenvalue weighted by Crippen LogP contribution is 2.40. The largest absolute Gasteiger partial charge is 0.376 e. The molecule has 3 N–H and O–H groups in total. The van der Waals surface area contributed by atoms with Crippen molar-refractivity contribution in [2.45, 2.75) is 12.0 Å². The molecule has 17 heavy (non-hydrogen) atoms. The summed E-state index contributed by atoms with van der Waals surface area (Å²) < 4.78 is 5.67. The van der Waals surface area contributed by atoms with Gasteiger partial charge in [-0.15, -0.1) is 0 Å². The molecule has 2 heterocycles. The van der Waals surface area contributed by atoms with E-state index in [1.807, 2.05) is 12.1 Å². The van der Waals surface area contributed by atoms with Crippen molar-refractivity contribution in [1.82, 2.24) is 5.32 Å². The highest BCUT2D eigenvalue weighted by atomic mass is 16.5. The van der Waals surface area contributed by atoms with Crippen LogP contribution in [0.1, 0.15) is 11.1 Å². The van der Waals surface area contributed by atoms with Crippen molar-refractivity contribution in [2.75, 3.05) is 19.7 Å². The van der Waals surface area contributed by atoms with Gasteiger partial charge in [0.15, 0.2) is 0 Å². The zero-order valence-corrected chi connectivity index (χ0v) is 9.61. The SMILES string of the molecule is NC(=O)C1CNCC12COCc1ccccc12. The van der Waals surface area contributed by atoms with E-state index in [9.17, 15) is 4.79 Å². The molecule has 0 bridgehead atoms. The van der Waals surface area contributed by atoms with Gasteiger partial charge >= 0.3 is 0 Å². The standard InChI is InChI=1S/C13H16N2O2/c14-12(16)11-5-15-7-13(11)8-17-6-9-3-1-2-4-10(9)13/h1-4,11,15H,5-8H2,(H2,14,16). The first-order valence-corrected chi connectivity index (χ1v) is 5.90. The van der Waals surface area contributed by atoms with Gasteiger partial charge in [0.2, 0.25) is 5.91 Å². The number of hydrogen-bond donors (Lipinski definition) is 2. The zero-order chi connectivity index (χ0) is 11.9. The number of rotatable bonds is 1. The van der Waals surface area contributed by atoms with Gasteiger partial charge in [0, 0.05) is 18.5 Å². The number of ether oxygens (including phenoxy) is 1. The lowest BCUT2D eigenvalue weighted by Crippen LogP contribution is -2.48. The Morgan fingerprint density at radius 2 is 2.29 bits per heavy atom. The van der Waals surface area contributed by atoms with E-state index in [1.165, 1.54) is 11.1 Å². The molecule has 0 aromatic heterocycles. The van der Waals surface area contributed by atoms with Crippen LogP contribution in [0, 0.1) is 5.92 Å². The van der Waals surface area contributed by atoms with Gasteiger partial charge in [0.1, 0.15) is 0 Å². The maximum atomic E-state index is 11.6. The van der Waals surface area contributed by atoms with Crippen molar-refractivity contribution in [3.63, 3.8) is 0 Å². The van der Waals surface area contributed by atoms with E-state index >= 15 is 0 Å². The molecular weight excluding hydrogens is 216 g/mol. The monoisotopic (exact) mass is 232 g/mol. The fraction of sp³-hybridized carbons (Fsp3) is 0.462. The van der Waals surface area contributed by atoms with Crippen LogP contribution in [0.5, 0.6) is 0 Å². The molecule has 1 spiro atoms. The molecule has 0 aliphatic carbocycles. The lowest BCUT2D eigenvalue weighted by Gasteiger charge is -2.38. The molecule has 1 aromatic carbocycles. The summed E-state index contributed by atoms with van der Waals surface area (Å²) >= 11 is 0. The van der Waals surface area contributed by atoms with Crippen LogP contribution in [0.15, 0.2) is 24.3 Å². The minimum Gasteiger partial charge on any atom is -0.376 e. The fourth-order valence-corrected chi connectivity index (χ4v) is 3.12. The smallest absolute Gasteiger partial charge is 0.222 e. The average Bonchev–Trinajstić information content (AvgIpc) is 2.74. The van der Waals surface area contributed by atoms with E-state index in [-0.39, 0.29) is 17.2 Å². The van der Waals surface area contributed by atoms with Crippen LogP contribution in [-0.4, -0.2) is 25.6 Å². The Hall–Kier alpha value is -1.39. The summed E-state index contributed by atoms with van der Waals surface area (Å²) in [6, 6.07) is 8.18. The van der Waals surface area contributed by atoms with Gasteiger partial charge in [0.05, 0.1) is 19.1 Å². The second-order valence-corrected chi connectivity index (χ2v) is 4.89. The van der Waals surface area contributed by atoms with Crippen LogP contribution < -0.4 is 11.1 Å². The number of primary amides is 1. The van der Waals surface area contributed by atoms with E-state index in [0.717, 1.165) is 6.54 Å². The molecular formula is C13H16N2O2. The molecule has 4 nitrogen and oxygen atoms in total. The molecule has 1 amide bonds. The molecule has 0 radical (unpaired) electrons. The quantitative estimate of drug-likeness (QED) is 0.725. The second-order valence-electron chi connectivity index (χ2n) is 4.89. The summed E-state index contributed by atoms with van der Waals surface area (Å²) in [5, 5.41) is 3.27. The van der Waals surface area contributed by atoms with Crippen molar-refractivity contribution in [3.8, 4) is 0 Å². The number of carbonyl (C=O) groups excluding carboxylic acids is 1. The molecule has 2 unspecified atom stereocenters. The van der Waals surface area contributed by atoms with Gasteiger partial charge in [-0.05, 0) is 11.1 Å². The van der Waals surface area contributed by atoms with Gasteiger partial charge in [-0.25, -0.2) is 0 Å². The maximum Gasteiger partial charge on any atom is 0.222 e. The van der Waals surface area contributed by atoms with Crippen LogP contribution in [0.3, 0.4) is 0 Å². The van der Waals surface area contributed by atoms with Gasteiger partial charge in [-0.3, -0.25) is 4.79 Å². The van der Waals surface area contributed by atoms with Crippen molar-refractivity contribution in [1.29, 1.82) is 0 Å². The van der Waals surface area contributed by atoms with Gasteiger partial charge < -0.3 is 15.8 Å². The third-order valence-electron chi connectivity index (χ3n) is 3.97. The molecule has 0 saturated carbocycles. The Kier molecular flexibility index (Phi) is 2.42. The summed E-state index contributed by atoms with van der Waals surface area (Å²) in [6.07, 6.45) is 0. The van der Waals surface area contributed by atoms with E-state index in [4.69, 9.17) is 10.5 Å². The van der Waals surface area contributed by atoms with Crippen LogP contribution in [-0.2, 0) is 21.6 Å². The van der Waals surface area contributed by atoms with Gasteiger partial charge in [-0.1, -0.05) is 24.3 Å². The molecule has 2 atom stereocenters. The Balaban J connectivity index is 2.12. The Morgan fingerprint density at radius 1 is 1.47 bits per heavy atom. The number of nitrogens with two attached hydrogens (primary N) is 1. The lowest BCUT2D eigenvalue weighted by atomic mass is 9.70. The summed E-state index contributed by atoms with van der Waals surface area (Å²) in [6.45, 7) is 2.61. The Bertz CT molecular complexity index is 460.